The van der Waals surface area contributed by atoms with Crippen molar-refractivity contribution >= 4 is 5.91 Å². The highest BCUT2D eigenvalue weighted by atomic mass is 16.5. The Morgan fingerprint density at radius 1 is 1.22 bits per heavy atom. The number of amides is 1. The minimum Gasteiger partial charge on any atom is -0.496 e. The minimum absolute atomic E-state index is 0.0274. The van der Waals surface area contributed by atoms with Crippen LogP contribution in [0.3, 0.4) is 0 Å². The second kappa shape index (κ2) is 8.34. The van der Waals surface area contributed by atoms with E-state index in [0.717, 1.165) is 28.9 Å². The normalized spacial score (nSPS) is 11.8. The molecule has 2 aromatic carbocycles. The molecule has 0 radical (unpaired) electrons. The van der Waals surface area contributed by atoms with E-state index in [-0.39, 0.29) is 11.9 Å². The average Bonchev–Trinajstić information content (AvgIpc) is 2.57. The summed E-state index contributed by atoms with van der Waals surface area (Å²) in [6, 6.07) is 15.5. The number of nitrogens with one attached hydrogen (secondary N) is 1. The molecule has 3 N–H and O–H groups in total. The van der Waals surface area contributed by atoms with Crippen molar-refractivity contribution < 1.29 is 9.53 Å². The van der Waals surface area contributed by atoms with Gasteiger partial charge in [-0.05, 0) is 36.1 Å². The summed E-state index contributed by atoms with van der Waals surface area (Å²) in [5.41, 5.74) is 9.28. The fourth-order valence-electron chi connectivity index (χ4n) is 2.46. The number of nitrogens with two attached hydrogens (primary N) is 1. The maximum Gasteiger partial charge on any atom is 0.221 e. The third kappa shape index (κ3) is 5.11. The van der Waals surface area contributed by atoms with Crippen LogP contribution < -0.4 is 15.8 Å². The third-order valence-corrected chi connectivity index (χ3v) is 3.84. The smallest absolute Gasteiger partial charge is 0.221 e. The van der Waals surface area contributed by atoms with E-state index in [0.29, 0.717) is 13.0 Å². The Morgan fingerprint density at radius 3 is 2.65 bits per heavy atom. The number of benzene rings is 2. The standard InChI is InChI=1S/C19H24N2O2/c1-14-8-9-15(12-18(14)23-2)10-11-21-19(22)13-17(20)16-6-4-3-5-7-16/h3-9,12,17H,10-11,13,20H2,1-2H3,(H,21,22). The van der Waals surface area contributed by atoms with Crippen molar-refractivity contribution in [3.8, 4) is 5.75 Å². The molecule has 0 fully saturated rings. The van der Waals surface area contributed by atoms with Crippen LogP contribution in [0.4, 0.5) is 0 Å². The number of hydrogen-bond donors (Lipinski definition) is 2. The van der Waals surface area contributed by atoms with Crippen molar-refractivity contribution in [2.45, 2.75) is 25.8 Å². The predicted octanol–water partition coefficient (Wildman–Crippen LogP) is 2.75. The summed E-state index contributed by atoms with van der Waals surface area (Å²) in [7, 11) is 1.67. The molecule has 2 aromatic rings. The molecule has 1 amide bonds. The SMILES string of the molecule is COc1cc(CCNC(=O)CC(N)c2ccccc2)ccc1C. The summed E-state index contributed by atoms with van der Waals surface area (Å²) < 4.78 is 5.31. The van der Waals surface area contributed by atoms with Gasteiger partial charge in [-0.1, -0.05) is 42.5 Å². The molecule has 0 aliphatic carbocycles. The first-order chi connectivity index (χ1) is 11.1. The van der Waals surface area contributed by atoms with E-state index in [9.17, 15) is 4.79 Å². The van der Waals surface area contributed by atoms with E-state index in [1.165, 1.54) is 0 Å². The first-order valence-corrected chi connectivity index (χ1v) is 7.81. The molecule has 4 heteroatoms. The van der Waals surface area contributed by atoms with Crippen molar-refractivity contribution in [1.82, 2.24) is 5.32 Å². The number of carbonyl (C=O) groups excluding carboxylic acids is 1. The van der Waals surface area contributed by atoms with Gasteiger partial charge < -0.3 is 15.8 Å². The molecule has 2 rings (SSSR count). The van der Waals surface area contributed by atoms with Gasteiger partial charge in [0, 0.05) is 19.0 Å². The van der Waals surface area contributed by atoms with Crippen LogP contribution in [0.15, 0.2) is 48.5 Å². The highest BCUT2D eigenvalue weighted by Gasteiger charge is 2.11. The summed E-state index contributed by atoms with van der Waals surface area (Å²) in [6.45, 7) is 2.60. The first kappa shape index (κ1) is 17.0. The van der Waals surface area contributed by atoms with Gasteiger partial charge in [-0.2, -0.15) is 0 Å². The Labute approximate surface area is 137 Å². The lowest BCUT2D eigenvalue weighted by molar-refractivity contribution is -0.121. The fourth-order valence-corrected chi connectivity index (χ4v) is 2.46. The summed E-state index contributed by atoms with van der Waals surface area (Å²) >= 11 is 0. The molecule has 23 heavy (non-hydrogen) atoms. The van der Waals surface area contributed by atoms with Crippen LogP contribution in [0.2, 0.25) is 0 Å². The zero-order valence-electron chi connectivity index (χ0n) is 13.7. The lowest BCUT2D eigenvalue weighted by atomic mass is 10.0. The van der Waals surface area contributed by atoms with E-state index in [4.69, 9.17) is 10.5 Å². The predicted molar refractivity (Wildman–Crippen MR) is 92.4 cm³/mol. The van der Waals surface area contributed by atoms with Gasteiger partial charge in [-0.25, -0.2) is 0 Å². The summed E-state index contributed by atoms with van der Waals surface area (Å²) in [6.07, 6.45) is 1.06. The molecule has 4 nitrogen and oxygen atoms in total. The molecule has 0 bridgehead atoms. The lowest BCUT2D eigenvalue weighted by Crippen LogP contribution is -2.29. The van der Waals surface area contributed by atoms with Crippen LogP contribution in [-0.2, 0) is 11.2 Å². The molecule has 0 saturated carbocycles. The fraction of sp³-hybridized carbons (Fsp3) is 0.316. The number of ether oxygens (including phenoxy) is 1. The third-order valence-electron chi connectivity index (χ3n) is 3.84. The summed E-state index contributed by atoms with van der Waals surface area (Å²) in [4.78, 5) is 12.0. The van der Waals surface area contributed by atoms with E-state index >= 15 is 0 Å². The van der Waals surface area contributed by atoms with Crippen molar-refractivity contribution in [1.29, 1.82) is 0 Å². The van der Waals surface area contributed by atoms with Gasteiger partial charge in [0.15, 0.2) is 0 Å². The molecule has 0 aromatic heterocycles. The topological polar surface area (TPSA) is 64.3 Å². The number of aryl methyl sites for hydroxylation is 1. The highest BCUT2D eigenvalue weighted by Crippen LogP contribution is 2.19. The van der Waals surface area contributed by atoms with Crippen LogP contribution in [0.5, 0.6) is 5.75 Å². The van der Waals surface area contributed by atoms with Crippen LogP contribution in [0.1, 0.15) is 29.2 Å². The largest absolute Gasteiger partial charge is 0.496 e. The van der Waals surface area contributed by atoms with Crippen LogP contribution in [-0.4, -0.2) is 19.6 Å². The number of methoxy groups -OCH3 is 1. The zero-order chi connectivity index (χ0) is 16.7. The Balaban J connectivity index is 1.79. The molecule has 1 atom stereocenters. The average molecular weight is 312 g/mol. The summed E-state index contributed by atoms with van der Waals surface area (Å²) in [5, 5.41) is 2.92. The molecule has 0 saturated heterocycles. The van der Waals surface area contributed by atoms with Gasteiger partial charge in [0.05, 0.1) is 7.11 Å². The highest BCUT2D eigenvalue weighted by molar-refractivity contribution is 5.76. The van der Waals surface area contributed by atoms with Gasteiger partial charge in [-0.15, -0.1) is 0 Å². The molecule has 0 aliphatic rings. The number of rotatable bonds is 7. The Kier molecular flexibility index (Phi) is 6.18. The second-order valence-corrected chi connectivity index (χ2v) is 5.63. The monoisotopic (exact) mass is 312 g/mol. The quantitative estimate of drug-likeness (QED) is 0.826. The zero-order valence-corrected chi connectivity index (χ0v) is 13.7. The van der Waals surface area contributed by atoms with Crippen LogP contribution in [0, 0.1) is 6.92 Å². The maximum absolute atomic E-state index is 12.0. The van der Waals surface area contributed by atoms with Gasteiger partial charge in [0.1, 0.15) is 5.75 Å². The lowest BCUT2D eigenvalue weighted by Gasteiger charge is -2.12. The molecule has 0 aliphatic heterocycles. The van der Waals surface area contributed by atoms with Crippen molar-refractivity contribution in [3.63, 3.8) is 0 Å². The Morgan fingerprint density at radius 2 is 1.96 bits per heavy atom. The van der Waals surface area contributed by atoms with Gasteiger partial charge in [-0.3, -0.25) is 4.79 Å². The molecular formula is C19H24N2O2. The minimum atomic E-state index is -0.268. The van der Waals surface area contributed by atoms with E-state index in [2.05, 4.69) is 11.4 Å². The van der Waals surface area contributed by atoms with E-state index in [1.807, 2.05) is 49.4 Å². The van der Waals surface area contributed by atoms with Crippen molar-refractivity contribution in [2.24, 2.45) is 5.73 Å². The molecule has 122 valence electrons. The number of hydrogen-bond acceptors (Lipinski definition) is 3. The molecule has 0 heterocycles. The molecule has 1 unspecified atom stereocenters. The van der Waals surface area contributed by atoms with Gasteiger partial charge in [0.2, 0.25) is 5.91 Å². The number of carbonyl (C=O) groups is 1. The summed E-state index contributed by atoms with van der Waals surface area (Å²) in [5.74, 6) is 0.848. The van der Waals surface area contributed by atoms with Gasteiger partial charge >= 0.3 is 0 Å². The molecule has 0 spiro atoms. The molecular weight excluding hydrogens is 288 g/mol. The van der Waals surface area contributed by atoms with Gasteiger partial charge in [0.25, 0.3) is 0 Å². The van der Waals surface area contributed by atoms with E-state index in [1.54, 1.807) is 7.11 Å². The Bertz CT molecular complexity index is 641. The van der Waals surface area contributed by atoms with Crippen LogP contribution >= 0.6 is 0 Å². The maximum atomic E-state index is 12.0. The van der Waals surface area contributed by atoms with Crippen molar-refractivity contribution in [3.05, 3.63) is 65.2 Å². The van der Waals surface area contributed by atoms with Crippen LogP contribution in [0.25, 0.3) is 0 Å². The Hall–Kier alpha value is -2.33. The first-order valence-electron chi connectivity index (χ1n) is 7.81. The van der Waals surface area contributed by atoms with Crippen molar-refractivity contribution in [2.75, 3.05) is 13.7 Å². The second-order valence-electron chi connectivity index (χ2n) is 5.63. The van der Waals surface area contributed by atoms with E-state index < -0.39 is 0 Å².